The van der Waals surface area contributed by atoms with Crippen molar-refractivity contribution in [2.24, 2.45) is 0 Å². The molecule has 128 valence electrons. The van der Waals surface area contributed by atoms with Gasteiger partial charge in [-0.3, -0.25) is 9.69 Å². The zero-order valence-electron chi connectivity index (χ0n) is 13.6. The highest BCUT2D eigenvalue weighted by atomic mass is 79.9. The molecule has 1 aliphatic rings. The molecule has 1 unspecified atom stereocenters. The van der Waals surface area contributed by atoms with E-state index in [9.17, 15) is 4.79 Å². The Morgan fingerprint density at radius 1 is 1.25 bits per heavy atom. The van der Waals surface area contributed by atoms with Crippen LogP contribution >= 0.6 is 15.9 Å². The van der Waals surface area contributed by atoms with Gasteiger partial charge < -0.3 is 14.5 Å². The van der Waals surface area contributed by atoms with Gasteiger partial charge in [-0.25, -0.2) is 0 Å². The third-order valence-electron chi connectivity index (χ3n) is 4.33. The second-order valence-electron chi connectivity index (χ2n) is 5.85. The lowest BCUT2D eigenvalue weighted by Gasteiger charge is -2.28. The Bertz CT molecular complexity index is 678. The molecule has 3 rings (SSSR count). The lowest BCUT2D eigenvalue weighted by atomic mass is 10.1. The van der Waals surface area contributed by atoms with E-state index in [1.807, 2.05) is 12.1 Å². The van der Waals surface area contributed by atoms with Crippen molar-refractivity contribution in [3.05, 3.63) is 52.4 Å². The summed E-state index contributed by atoms with van der Waals surface area (Å²) < 4.78 is 11.1. The fourth-order valence-corrected chi connectivity index (χ4v) is 3.36. The van der Waals surface area contributed by atoms with E-state index in [1.165, 1.54) is 18.4 Å². The Hall–Kier alpha value is -1.79. The maximum absolute atomic E-state index is 12.2. The molecule has 2 aromatic rings. The van der Waals surface area contributed by atoms with E-state index in [-0.39, 0.29) is 11.9 Å². The number of nitrogens with one attached hydrogen (secondary N) is 1. The Labute approximate surface area is 150 Å². The number of nitrogens with zero attached hydrogens (tertiary/aromatic N) is 1. The van der Waals surface area contributed by atoms with E-state index in [0.717, 1.165) is 18.8 Å². The Balaban J connectivity index is 1.71. The number of methoxy groups -OCH3 is 1. The van der Waals surface area contributed by atoms with E-state index in [4.69, 9.17) is 9.15 Å². The number of carbonyl (C=O) groups is 1. The van der Waals surface area contributed by atoms with Crippen LogP contribution in [0, 0.1) is 0 Å². The summed E-state index contributed by atoms with van der Waals surface area (Å²) >= 11 is 3.22. The van der Waals surface area contributed by atoms with E-state index < -0.39 is 0 Å². The Morgan fingerprint density at radius 3 is 2.54 bits per heavy atom. The van der Waals surface area contributed by atoms with Crippen LogP contribution < -0.4 is 10.1 Å². The SMILES string of the molecule is COc1ccc(C(CNC(=O)c2ccc(Br)o2)N2CCCC2)cc1. The van der Waals surface area contributed by atoms with Gasteiger partial charge in [0.1, 0.15) is 5.75 Å². The minimum Gasteiger partial charge on any atom is -0.497 e. The summed E-state index contributed by atoms with van der Waals surface area (Å²) in [6.45, 7) is 2.65. The lowest BCUT2D eigenvalue weighted by molar-refractivity contribution is 0.0909. The standard InChI is InChI=1S/C18H21BrN2O3/c1-23-14-6-4-13(5-7-14)15(21-10-2-3-11-21)12-20-18(22)16-8-9-17(19)24-16/h4-9,15H,2-3,10-12H2,1H3,(H,20,22). The quantitative estimate of drug-likeness (QED) is 0.815. The number of amides is 1. The first kappa shape index (κ1) is 17.0. The molecular formula is C18H21BrN2O3. The average Bonchev–Trinajstić information content (AvgIpc) is 3.27. The third kappa shape index (κ3) is 3.99. The molecule has 1 amide bonds. The van der Waals surface area contributed by atoms with E-state index in [1.54, 1.807) is 19.2 Å². The number of carbonyl (C=O) groups excluding carboxylic acids is 1. The molecule has 0 aliphatic carbocycles. The number of hydrogen-bond donors (Lipinski definition) is 1. The molecule has 1 aromatic carbocycles. The summed E-state index contributed by atoms with van der Waals surface area (Å²) in [6, 6.07) is 11.6. The largest absolute Gasteiger partial charge is 0.497 e. The van der Waals surface area contributed by atoms with Crippen LogP contribution in [0.2, 0.25) is 0 Å². The van der Waals surface area contributed by atoms with Crippen LogP contribution in [0.15, 0.2) is 45.5 Å². The summed E-state index contributed by atoms with van der Waals surface area (Å²) in [5.74, 6) is 0.957. The van der Waals surface area contributed by atoms with Crippen LogP contribution in [-0.2, 0) is 0 Å². The molecule has 1 saturated heterocycles. The summed E-state index contributed by atoms with van der Waals surface area (Å²) in [5.41, 5.74) is 1.18. The van der Waals surface area contributed by atoms with Gasteiger partial charge in [0.25, 0.3) is 5.91 Å². The van der Waals surface area contributed by atoms with Crippen molar-refractivity contribution in [1.29, 1.82) is 0 Å². The smallest absolute Gasteiger partial charge is 0.287 e. The molecule has 24 heavy (non-hydrogen) atoms. The summed E-state index contributed by atoms with van der Waals surface area (Å²) in [4.78, 5) is 14.7. The molecule has 2 heterocycles. The van der Waals surface area contributed by atoms with Gasteiger partial charge in [0.2, 0.25) is 0 Å². The lowest BCUT2D eigenvalue weighted by Crippen LogP contribution is -2.36. The second-order valence-corrected chi connectivity index (χ2v) is 6.63. The first-order valence-electron chi connectivity index (χ1n) is 8.09. The van der Waals surface area contributed by atoms with Crippen LogP contribution in [0.25, 0.3) is 0 Å². The number of halogens is 1. The minimum atomic E-state index is -0.196. The number of likely N-dealkylation sites (tertiary alicyclic amines) is 1. The number of furan rings is 1. The van der Waals surface area contributed by atoms with Crippen LogP contribution in [-0.4, -0.2) is 37.6 Å². The average molecular weight is 393 g/mol. The number of hydrogen-bond acceptors (Lipinski definition) is 4. The summed E-state index contributed by atoms with van der Waals surface area (Å²) in [7, 11) is 1.66. The molecule has 1 aromatic heterocycles. The summed E-state index contributed by atoms with van der Waals surface area (Å²) in [6.07, 6.45) is 2.40. The monoisotopic (exact) mass is 392 g/mol. The van der Waals surface area contributed by atoms with E-state index in [2.05, 4.69) is 38.3 Å². The molecule has 5 nitrogen and oxygen atoms in total. The van der Waals surface area contributed by atoms with Gasteiger partial charge in [-0.1, -0.05) is 12.1 Å². The molecule has 0 saturated carbocycles. The fraction of sp³-hybridized carbons (Fsp3) is 0.389. The molecule has 0 spiro atoms. The predicted molar refractivity (Wildman–Crippen MR) is 95.3 cm³/mol. The van der Waals surface area contributed by atoms with Crippen molar-refractivity contribution in [2.75, 3.05) is 26.7 Å². The fourth-order valence-electron chi connectivity index (χ4n) is 3.05. The maximum atomic E-state index is 12.2. The normalized spacial score (nSPS) is 16.1. The van der Waals surface area contributed by atoms with Crippen molar-refractivity contribution in [2.45, 2.75) is 18.9 Å². The van der Waals surface area contributed by atoms with Gasteiger partial charge in [-0.2, -0.15) is 0 Å². The van der Waals surface area contributed by atoms with Gasteiger partial charge in [0.15, 0.2) is 10.4 Å². The van der Waals surface area contributed by atoms with Gasteiger partial charge in [0, 0.05) is 6.54 Å². The number of rotatable bonds is 6. The number of ether oxygens (including phenoxy) is 1. The zero-order valence-corrected chi connectivity index (χ0v) is 15.2. The van der Waals surface area contributed by atoms with E-state index in [0.29, 0.717) is 17.0 Å². The van der Waals surface area contributed by atoms with Crippen LogP contribution in [0.4, 0.5) is 0 Å². The summed E-state index contributed by atoms with van der Waals surface area (Å²) in [5, 5.41) is 2.99. The maximum Gasteiger partial charge on any atom is 0.287 e. The van der Waals surface area contributed by atoms with Crippen LogP contribution in [0.5, 0.6) is 5.75 Å². The van der Waals surface area contributed by atoms with Crippen molar-refractivity contribution >= 4 is 21.8 Å². The van der Waals surface area contributed by atoms with E-state index >= 15 is 0 Å². The molecule has 1 N–H and O–H groups in total. The van der Waals surface area contributed by atoms with Crippen LogP contribution in [0.3, 0.4) is 0 Å². The number of benzene rings is 1. The van der Waals surface area contributed by atoms with Gasteiger partial charge in [-0.15, -0.1) is 0 Å². The first-order valence-corrected chi connectivity index (χ1v) is 8.88. The van der Waals surface area contributed by atoms with Gasteiger partial charge in [-0.05, 0) is 71.7 Å². The first-order chi connectivity index (χ1) is 11.7. The van der Waals surface area contributed by atoms with Crippen molar-refractivity contribution in [3.8, 4) is 5.75 Å². The van der Waals surface area contributed by atoms with Crippen molar-refractivity contribution < 1.29 is 13.9 Å². The Kier molecular flexibility index (Phi) is 5.58. The van der Waals surface area contributed by atoms with Gasteiger partial charge in [0.05, 0.1) is 13.2 Å². The second kappa shape index (κ2) is 7.85. The molecule has 1 fully saturated rings. The molecule has 0 radical (unpaired) electrons. The van der Waals surface area contributed by atoms with Crippen molar-refractivity contribution in [1.82, 2.24) is 10.2 Å². The molecule has 1 aliphatic heterocycles. The Morgan fingerprint density at radius 2 is 1.96 bits per heavy atom. The highest BCUT2D eigenvalue weighted by Gasteiger charge is 2.24. The highest BCUT2D eigenvalue weighted by molar-refractivity contribution is 9.10. The predicted octanol–water partition coefficient (Wildman–Crippen LogP) is 3.62. The molecule has 1 atom stereocenters. The third-order valence-corrected chi connectivity index (χ3v) is 4.76. The topological polar surface area (TPSA) is 54.7 Å². The molecule has 0 bridgehead atoms. The van der Waals surface area contributed by atoms with Crippen molar-refractivity contribution in [3.63, 3.8) is 0 Å². The minimum absolute atomic E-state index is 0.153. The highest BCUT2D eigenvalue weighted by Crippen LogP contribution is 2.26. The molecule has 6 heteroatoms. The van der Waals surface area contributed by atoms with Gasteiger partial charge >= 0.3 is 0 Å². The molecular weight excluding hydrogens is 372 g/mol. The zero-order chi connectivity index (χ0) is 16.9. The van der Waals surface area contributed by atoms with Crippen LogP contribution in [0.1, 0.15) is 35.0 Å².